The summed E-state index contributed by atoms with van der Waals surface area (Å²) in [6.07, 6.45) is 8.80. The molecule has 0 radical (unpaired) electrons. The van der Waals surface area contributed by atoms with Crippen molar-refractivity contribution < 1.29 is 18.3 Å². The van der Waals surface area contributed by atoms with Crippen molar-refractivity contribution in [2.24, 2.45) is 0 Å². The molecule has 0 unspecified atom stereocenters. The van der Waals surface area contributed by atoms with Crippen LogP contribution in [0.4, 0.5) is 32.8 Å². The third-order valence-corrected chi connectivity index (χ3v) is 12.7. The molecule has 0 spiro atoms. The van der Waals surface area contributed by atoms with Crippen LogP contribution in [0.5, 0.6) is 23.0 Å². The summed E-state index contributed by atoms with van der Waals surface area (Å²) < 4.78 is 35.6. The van der Waals surface area contributed by atoms with Crippen molar-refractivity contribution in [3.8, 4) is 56.4 Å². The lowest BCUT2D eigenvalue weighted by atomic mass is 9.88. The summed E-state index contributed by atoms with van der Waals surface area (Å²) in [4.78, 5) is 4.45. The van der Waals surface area contributed by atoms with Crippen molar-refractivity contribution in [2.45, 2.75) is 12.8 Å². The average molecular weight is 829 g/mol. The van der Waals surface area contributed by atoms with Gasteiger partial charge in [-0.05, 0) is 127 Å². The summed E-state index contributed by atoms with van der Waals surface area (Å²) in [6.45, 7) is 0. The first-order valence-electron chi connectivity index (χ1n) is 21.7. The van der Waals surface area contributed by atoms with Gasteiger partial charge >= 0.3 is 0 Å². The predicted octanol–water partition coefficient (Wildman–Crippen LogP) is 16.9. The molecule has 0 atom stereocenters. The van der Waals surface area contributed by atoms with Gasteiger partial charge in [0.15, 0.2) is 5.58 Å². The van der Waals surface area contributed by atoms with Gasteiger partial charge in [0.25, 0.3) is 0 Å². The number of hydrogen-bond donors (Lipinski definition) is 0. The van der Waals surface area contributed by atoms with Gasteiger partial charge in [-0.3, -0.25) is 0 Å². The van der Waals surface area contributed by atoms with E-state index in [1.54, 1.807) is 6.07 Å². The van der Waals surface area contributed by atoms with E-state index in [-0.39, 0.29) is 5.82 Å². The van der Waals surface area contributed by atoms with Gasteiger partial charge in [-0.25, -0.2) is 4.39 Å². The molecule has 0 bridgehead atoms. The van der Waals surface area contributed by atoms with Gasteiger partial charge < -0.3 is 23.7 Å². The number of fused-ring (bicyclic) bond motifs is 7. The maximum atomic E-state index is 15.2. The molecule has 64 heavy (non-hydrogen) atoms. The molecule has 2 aliphatic heterocycles. The van der Waals surface area contributed by atoms with Gasteiger partial charge in [0.1, 0.15) is 34.4 Å². The van der Waals surface area contributed by atoms with Crippen molar-refractivity contribution in [1.29, 1.82) is 0 Å². The van der Waals surface area contributed by atoms with Gasteiger partial charge in [0.2, 0.25) is 0 Å². The molecule has 0 N–H and O–H groups in total. The lowest BCUT2D eigenvalue weighted by molar-refractivity contribution is 0.480. The fourth-order valence-electron chi connectivity index (χ4n) is 9.86. The van der Waals surface area contributed by atoms with Crippen molar-refractivity contribution in [2.75, 3.05) is 9.80 Å². The summed E-state index contributed by atoms with van der Waals surface area (Å²) in [6, 6.07) is 61.0. The van der Waals surface area contributed by atoms with Gasteiger partial charge in [0, 0.05) is 67.4 Å². The number of anilines is 5. The van der Waals surface area contributed by atoms with Crippen molar-refractivity contribution in [3.63, 3.8) is 0 Å². The van der Waals surface area contributed by atoms with Crippen LogP contribution in [-0.4, -0.2) is 0 Å². The van der Waals surface area contributed by atoms with Gasteiger partial charge in [-0.1, -0.05) is 91.0 Å². The summed E-state index contributed by atoms with van der Waals surface area (Å²) in [7, 11) is 0. The molecular weight excluding hydrogens is 792 g/mol. The smallest absolute Gasteiger partial charge is 0.159 e. The van der Waals surface area contributed by atoms with Crippen LogP contribution in [0.25, 0.3) is 66.1 Å². The van der Waals surface area contributed by atoms with Crippen molar-refractivity contribution >= 4 is 61.1 Å². The second-order valence-electron chi connectivity index (χ2n) is 16.4. The topological polar surface area (TPSA) is 38.1 Å². The number of benzene rings is 9. The lowest BCUT2D eigenvalue weighted by Gasteiger charge is -2.31. The maximum absolute atomic E-state index is 15.2. The Morgan fingerprint density at radius 1 is 0.438 bits per heavy atom. The molecule has 6 heteroatoms. The van der Waals surface area contributed by atoms with E-state index < -0.39 is 0 Å². The minimum absolute atomic E-state index is 0.314. The molecule has 1 aromatic heterocycles. The maximum Gasteiger partial charge on any atom is 0.159 e. The number of hydrogen-bond acceptors (Lipinski definition) is 5. The van der Waals surface area contributed by atoms with Gasteiger partial charge in [0.05, 0.1) is 17.1 Å². The third-order valence-electron chi connectivity index (χ3n) is 12.7. The van der Waals surface area contributed by atoms with Crippen LogP contribution in [0.1, 0.15) is 12.8 Å². The normalized spacial score (nSPS) is 13.2. The van der Waals surface area contributed by atoms with E-state index in [4.69, 9.17) is 13.9 Å². The van der Waals surface area contributed by atoms with Gasteiger partial charge in [-0.2, -0.15) is 0 Å². The molecule has 9 aromatic carbocycles. The number of ether oxygens (including phenoxy) is 2. The highest BCUT2D eigenvalue weighted by Crippen LogP contribution is 2.57. The van der Waals surface area contributed by atoms with Crippen LogP contribution in [0.3, 0.4) is 0 Å². The molecule has 0 amide bonds. The number of furan rings is 1. The molecule has 304 valence electrons. The van der Waals surface area contributed by atoms with E-state index >= 15 is 4.39 Å². The molecule has 3 aliphatic rings. The van der Waals surface area contributed by atoms with Crippen LogP contribution in [0.2, 0.25) is 0 Å². The Morgan fingerprint density at radius 2 is 1.08 bits per heavy atom. The highest BCUT2D eigenvalue weighted by Gasteiger charge is 2.30. The monoisotopic (exact) mass is 828 g/mol. The zero-order valence-corrected chi connectivity index (χ0v) is 34.5. The first-order chi connectivity index (χ1) is 31.6. The minimum atomic E-state index is -0.314. The Labute approximate surface area is 368 Å². The quantitative estimate of drug-likeness (QED) is 0.160. The molecule has 10 aromatic rings. The summed E-state index contributed by atoms with van der Waals surface area (Å²) in [5.41, 5.74) is 13.1. The Balaban J connectivity index is 0.945. The van der Waals surface area contributed by atoms with Crippen LogP contribution in [-0.2, 0) is 0 Å². The van der Waals surface area contributed by atoms with Crippen LogP contribution < -0.4 is 19.3 Å². The first-order valence-corrected chi connectivity index (χ1v) is 21.7. The summed E-state index contributed by atoms with van der Waals surface area (Å²) in [5.74, 6) is 2.76. The van der Waals surface area contributed by atoms with E-state index in [0.29, 0.717) is 5.75 Å². The molecule has 1 aliphatic carbocycles. The highest BCUT2D eigenvalue weighted by atomic mass is 19.1. The zero-order valence-electron chi connectivity index (χ0n) is 34.5. The van der Waals surface area contributed by atoms with Gasteiger partial charge in [-0.15, -0.1) is 0 Å². The van der Waals surface area contributed by atoms with Crippen LogP contribution >= 0.6 is 0 Å². The van der Waals surface area contributed by atoms with E-state index in [1.807, 2.05) is 60.7 Å². The second kappa shape index (κ2) is 14.4. The fraction of sp³-hybridized carbons (Fsp3) is 0.0345. The molecule has 0 saturated carbocycles. The number of para-hydroxylation sites is 3. The number of nitrogens with zero attached hydrogens (tertiary/aromatic N) is 2. The molecule has 13 rings (SSSR count). The minimum Gasteiger partial charge on any atom is -0.456 e. The number of rotatable bonds is 7. The van der Waals surface area contributed by atoms with Crippen LogP contribution in [0, 0.1) is 5.82 Å². The largest absolute Gasteiger partial charge is 0.456 e. The van der Waals surface area contributed by atoms with Crippen molar-refractivity contribution in [3.05, 3.63) is 212 Å². The number of allylic oxidation sites excluding steroid dienone is 3. The lowest BCUT2D eigenvalue weighted by Crippen LogP contribution is -2.16. The van der Waals surface area contributed by atoms with E-state index in [1.165, 1.54) is 6.07 Å². The Morgan fingerprint density at radius 3 is 1.78 bits per heavy atom. The average Bonchev–Trinajstić information content (AvgIpc) is 3.74. The predicted molar refractivity (Wildman–Crippen MR) is 257 cm³/mol. The third kappa shape index (κ3) is 5.69. The van der Waals surface area contributed by atoms with E-state index in [9.17, 15) is 0 Å². The van der Waals surface area contributed by atoms with E-state index in [2.05, 4.69) is 137 Å². The molecule has 3 heterocycles. The SMILES string of the molecule is Fc1ccc(N(c2ccc3c(c2)Oc2ccc4c5c(ccc-3c25)Oc2cc(N(C3=CCCC=C3)c3ccccc3)ccc2-4)c2cccc3c2oc2ccccc23)c(-c2ccccc2)c1. The number of halogens is 1. The fourth-order valence-corrected chi connectivity index (χ4v) is 9.86. The molecule has 0 saturated heterocycles. The van der Waals surface area contributed by atoms with Crippen molar-refractivity contribution in [1.82, 2.24) is 0 Å². The Bertz CT molecular complexity index is 3590. The standard InChI is InChI=1S/C58H37FN2O3/c59-37-23-30-49(48(33-37)36-13-4-1-5-14-36)61(50-21-12-20-47-42-19-10-11-22-51(42)64-58(47)50)41-25-27-44-46-29-31-52-56-45(28-32-53(57(46)56)63-55(44)35-41)43-26-24-40(34-54(43)62-52)60(38-15-6-2-7-16-38)39-17-8-3-9-18-39/h1-2,4-8,10-35H,3,9H2. The summed E-state index contributed by atoms with van der Waals surface area (Å²) in [5, 5.41) is 4.07. The second-order valence-corrected chi connectivity index (χ2v) is 16.4. The molecule has 0 fully saturated rings. The highest BCUT2D eigenvalue weighted by molar-refractivity contribution is 6.15. The molecular formula is C58H37FN2O3. The Hall–Kier alpha value is -8.35. The molecule has 5 nitrogen and oxygen atoms in total. The van der Waals surface area contributed by atoms with Crippen LogP contribution in [0.15, 0.2) is 210 Å². The Kier molecular flexibility index (Phi) is 8.15. The first kappa shape index (κ1) is 36.3. The zero-order chi connectivity index (χ0) is 42.3. The van der Waals surface area contributed by atoms with E-state index in [0.717, 1.165) is 130 Å². The summed E-state index contributed by atoms with van der Waals surface area (Å²) >= 11 is 0.